The highest BCUT2D eigenvalue weighted by Gasteiger charge is 2.04. The first kappa shape index (κ1) is 12.5. The molecule has 0 fully saturated rings. The van der Waals surface area contributed by atoms with Gasteiger partial charge < -0.3 is 0 Å². The quantitative estimate of drug-likeness (QED) is 0.440. The first-order valence-electron chi connectivity index (χ1n) is 5.30. The van der Waals surface area contributed by atoms with Crippen molar-refractivity contribution in [3.05, 3.63) is 0 Å². The van der Waals surface area contributed by atoms with Crippen LogP contribution in [-0.2, 0) is 0 Å². The Morgan fingerprint density at radius 2 is 1.75 bits per heavy atom. The van der Waals surface area contributed by atoms with Crippen LogP contribution in [0.25, 0.3) is 0 Å². The molecule has 0 aromatic heterocycles. The van der Waals surface area contributed by atoms with E-state index in [2.05, 4.69) is 36.7 Å². The number of hydrogen-bond acceptors (Lipinski definition) is 0. The number of alkyl halides is 1. The molecule has 0 aliphatic rings. The van der Waals surface area contributed by atoms with E-state index in [0.29, 0.717) is 4.83 Å². The summed E-state index contributed by atoms with van der Waals surface area (Å²) < 4.78 is 0. The molecule has 2 atom stereocenters. The Bertz CT molecular complexity index is 89.0. The Hall–Kier alpha value is 0.480. The average molecular weight is 235 g/mol. The standard InChI is InChI=1S/C11H23Br/c1-4-5-6-7-8-10(2)9-11(3)12/h10-11H,4-9H2,1-3H3. The van der Waals surface area contributed by atoms with Gasteiger partial charge in [0.2, 0.25) is 0 Å². The summed E-state index contributed by atoms with van der Waals surface area (Å²) in [5, 5.41) is 0. The van der Waals surface area contributed by atoms with Gasteiger partial charge in [0.15, 0.2) is 0 Å². The van der Waals surface area contributed by atoms with Gasteiger partial charge in [-0.3, -0.25) is 0 Å². The van der Waals surface area contributed by atoms with Gasteiger partial charge in [-0.05, 0) is 12.3 Å². The fourth-order valence-corrected chi connectivity index (χ4v) is 2.23. The molecule has 0 aliphatic carbocycles. The van der Waals surface area contributed by atoms with Crippen LogP contribution in [0.1, 0.15) is 59.3 Å². The third-order valence-corrected chi connectivity index (χ3v) is 2.65. The van der Waals surface area contributed by atoms with Crippen molar-refractivity contribution in [3.63, 3.8) is 0 Å². The molecule has 0 amide bonds. The number of halogens is 1. The van der Waals surface area contributed by atoms with E-state index in [1.165, 1.54) is 38.5 Å². The molecule has 0 N–H and O–H groups in total. The van der Waals surface area contributed by atoms with Crippen molar-refractivity contribution in [2.45, 2.75) is 64.1 Å². The maximum Gasteiger partial charge on any atom is 0.0120 e. The summed E-state index contributed by atoms with van der Waals surface area (Å²) >= 11 is 3.60. The second-order valence-corrected chi connectivity index (χ2v) is 5.53. The largest absolute Gasteiger partial charge is 0.0894 e. The molecule has 0 heterocycles. The van der Waals surface area contributed by atoms with Gasteiger partial charge in [-0.15, -0.1) is 0 Å². The Balaban J connectivity index is 3.14. The van der Waals surface area contributed by atoms with E-state index in [1.807, 2.05) is 0 Å². The first-order chi connectivity index (χ1) is 5.66. The molecule has 0 nitrogen and oxygen atoms in total. The molecule has 74 valence electrons. The Kier molecular flexibility index (Phi) is 8.42. The van der Waals surface area contributed by atoms with Crippen LogP contribution in [0.15, 0.2) is 0 Å². The second kappa shape index (κ2) is 8.10. The molecule has 12 heavy (non-hydrogen) atoms. The van der Waals surface area contributed by atoms with Gasteiger partial charge in [0, 0.05) is 4.83 Å². The number of unbranched alkanes of at least 4 members (excludes halogenated alkanes) is 3. The zero-order valence-electron chi connectivity index (χ0n) is 8.78. The summed E-state index contributed by atoms with van der Waals surface area (Å²) in [7, 11) is 0. The summed E-state index contributed by atoms with van der Waals surface area (Å²) in [5.41, 5.74) is 0. The predicted octanol–water partition coefficient (Wildman–Crippen LogP) is 4.77. The van der Waals surface area contributed by atoms with E-state index in [-0.39, 0.29) is 0 Å². The number of rotatable bonds is 7. The van der Waals surface area contributed by atoms with Crippen LogP contribution >= 0.6 is 15.9 Å². The van der Waals surface area contributed by atoms with Crippen molar-refractivity contribution in [2.24, 2.45) is 5.92 Å². The van der Waals surface area contributed by atoms with Gasteiger partial charge in [0.05, 0.1) is 0 Å². The predicted molar refractivity (Wildman–Crippen MR) is 60.9 cm³/mol. The third kappa shape index (κ3) is 8.58. The van der Waals surface area contributed by atoms with Crippen LogP contribution in [0.2, 0.25) is 0 Å². The van der Waals surface area contributed by atoms with Crippen molar-refractivity contribution < 1.29 is 0 Å². The minimum absolute atomic E-state index is 0.693. The lowest BCUT2D eigenvalue weighted by Gasteiger charge is -2.12. The van der Waals surface area contributed by atoms with E-state index in [9.17, 15) is 0 Å². The van der Waals surface area contributed by atoms with Crippen LogP contribution in [0.3, 0.4) is 0 Å². The molecule has 0 saturated carbocycles. The first-order valence-corrected chi connectivity index (χ1v) is 6.22. The molecule has 0 saturated heterocycles. The van der Waals surface area contributed by atoms with Gasteiger partial charge in [-0.1, -0.05) is 68.8 Å². The van der Waals surface area contributed by atoms with Crippen LogP contribution in [0.4, 0.5) is 0 Å². The third-order valence-electron chi connectivity index (χ3n) is 2.28. The van der Waals surface area contributed by atoms with Crippen molar-refractivity contribution >= 4 is 15.9 Å². The maximum absolute atomic E-state index is 3.60. The van der Waals surface area contributed by atoms with Gasteiger partial charge in [0.25, 0.3) is 0 Å². The topological polar surface area (TPSA) is 0 Å². The zero-order valence-corrected chi connectivity index (χ0v) is 10.4. The summed E-state index contributed by atoms with van der Waals surface area (Å²) in [6.07, 6.45) is 8.36. The molecule has 0 spiro atoms. The Morgan fingerprint density at radius 1 is 1.08 bits per heavy atom. The van der Waals surface area contributed by atoms with Gasteiger partial charge in [-0.25, -0.2) is 0 Å². The Labute approximate surface area is 86.3 Å². The van der Waals surface area contributed by atoms with Crippen LogP contribution in [-0.4, -0.2) is 4.83 Å². The van der Waals surface area contributed by atoms with Crippen LogP contribution in [0, 0.1) is 5.92 Å². The zero-order chi connectivity index (χ0) is 9.40. The van der Waals surface area contributed by atoms with Crippen molar-refractivity contribution in [2.75, 3.05) is 0 Å². The second-order valence-electron chi connectivity index (χ2n) is 3.97. The molecule has 0 bridgehead atoms. The smallest absolute Gasteiger partial charge is 0.0120 e. The molecule has 0 aromatic rings. The Morgan fingerprint density at radius 3 is 2.25 bits per heavy atom. The fraction of sp³-hybridized carbons (Fsp3) is 1.00. The fourth-order valence-electron chi connectivity index (χ4n) is 1.59. The van der Waals surface area contributed by atoms with E-state index in [0.717, 1.165) is 5.92 Å². The van der Waals surface area contributed by atoms with Crippen LogP contribution in [0.5, 0.6) is 0 Å². The molecule has 0 rings (SSSR count). The van der Waals surface area contributed by atoms with Crippen molar-refractivity contribution in [3.8, 4) is 0 Å². The minimum Gasteiger partial charge on any atom is -0.0894 e. The van der Waals surface area contributed by atoms with E-state index >= 15 is 0 Å². The van der Waals surface area contributed by atoms with Crippen molar-refractivity contribution in [1.82, 2.24) is 0 Å². The molecule has 1 heteroatoms. The molecular formula is C11H23Br. The van der Waals surface area contributed by atoms with Crippen LogP contribution < -0.4 is 0 Å². The lowest BCUT2D eigenvalue weighted by atomic mass is 9.98. The van der Waals surface area contributed by atoms with Gasteiger partial charge in [0.1, 0.15) is 0 Å². The monoisotopic (exact) mass is 234 g/mol. The van der Waals surface area contributed by atoms with E-state index in [4.69, 9.17) is 0 Å². The van der Waals surface area contributed by atoms with Gasteiger partial charge >= 0.3 is 0 Å². The van der Waals surface area contributed by atoms with Crippen molar-refractivity contribution in [1.29, 1.82) is 0 Å². The van der Waals surface area contributed by atoms with E-state index < -0.39 is 0 Å². The average Bonchev–Trinajstić information content (AvgIpc) is 1.97. The summed E-state index contributed by atoms with van der Waals surface area (Å²) in [6.45, 7) is 6.87. The molecule has 2 unspecified atom stereocenters. The normalized spacial score (nSPS) is 16.0. The molecular weight excluding hydrogens is 212 g/mol. The lowest BCUT2D eigenvalue weighted by molar-refractivity contribution is 0.461. The highest BCUT2D eigenvalue weighted by Crippen LogP contribution is 2.18. The lowest BCUT2D eigenvalue weighted by Crippen LogP contribution is -2.01. The molecule has 0 aliphatic heterocycles. The summed E-state index contributed by atoms with van der Waals surface area (Å²) in [4.78, 5) is 0.693. The summed E-state index contributed by atoms with van der Waals surface area (Å²) in [6, 6.07) is 0. The van der Waals surface area contributed by atoms with E-state index in [1.54, 1.807) is 0 Å². The highest BCUT2D eigenvalue weighted by atomic mass is 79.9. The molecule has 0 aromatic carbocycles. The van der Waals surface area contributed by atoms with Gasteiger partial charge in [-0.2, -0.15) is 0 Å². The molecule has 0 radical (unpaired) electrons. The maximum atomic E-state index is 3.60. The summed E-state index contributed by atoms with van der Waals surface area (Å²) in [5.74, 6) is 0.899. The minimum atomic E-state index is 0.693. The number of hydrogen-bond donors (Lipinski definition) is 0. The highest BCUT2D eigenvalue weighted by molar-refractivity contribution is 9.09. The SMILES string of the molecule is CCCCCCC(C)CC(C)Br.